The lowest BCUT2D eigenvalue weighted by Crippen LogP contribution is -2.29. The second kappa shape index (κ2) is 10.4. The fourth-order valence-electron chi connectivity index (χ4n) is 2.50. The number of aliphatic imine (C=N–C) groups is 1. The molecule has 3 N–H and O–H groups in total. The van der Waals surface area contributed by atoms with Crippen LogP contribution in [0.2, 0.25) is 0 Å². The van der Waals surface area contributed by atoms with Gasteiger partial charge in [0.2, 0.25) is 5.91 Å². The summed E-state index contributed by atoms with van der Waals surface area (Å²) in [6.45, 7) is 2.66. The minimum absolute atomic E-state index is 0. The molecule has 2 rings (SSSR count). The highest BCUT2D eigenvalue weighted by Gasteiger charge is 2.16. The SMILES string of the molecule is COCc1ccccc1NC(N)=NCCC(=O)N1CCCC1.I. The van der Waals surface area contributed by atoms with Crippen molar-refractivity contribution in [3.05, 3.63) is 29.8 Å². The van der Waals surface area contributed by atoms with Gasteiger partial charge in [-0.3, -0.25) is 9.79 Å². The summed E-state index contributed by atoms with van der Waals surface area (Å²) in [5.74, 6) is 0.478. The summed E-state index contributed by atoms with van der Waals surface area (Å²) in [6.07, 6.45) is 2.62. The Morgan fingerprint density at radius 3 is 2.74 bits per heavy atom. The quantitative estimate of drug-likeness (QED) is 0.411. The van der Waals surface area contributed by atoms with Crippen molar-refractivity contribution in [2.24, 2.45) is 10.7 Å². The number of carbonyl (C=O) groups excluding carboxylic acids is 1. The number of benzene rings is 1. The molecule has 7 heteroatoms. The number of hydrogen-bond donors (Lipinski definition) is 2. The molecule has 0 aromatic heterocycles. The predicted octanol–water partition coefficient (Wildman–Crippen LogP) is 2.19. The van der Waals surface area contributed by atoms with E-state index in [9.17, 15) is 4.79 Å². The summed E-state index contributed by atoms with van der Waals surface area (Å²) < 4.78 is 5.15. The number of para-hydroxylation sites is 1. The van der Waals surface area contributed by atoms with Crippen molar-refractivity contribution in [2.75, 3.05) is 32.1 Å². The van der Waals surface area contributed by atoms with Crippen molar-refractivity contribution in [1.29, 1.82) is 0 Å². The molecule has 1 aromatic carbocycles. The first-order valence-electron chi connectivity index (χ1n) is 7.62. The molecule has 0 atom stereocenters. The number of likely N-dealkylation sites (tertiary alicyclic amines) is 1. The number of nitrogens with two attached hydrogens (primary N) is 1. The van der Waals surface area contributed by atoms with E-state index in [2.05, 4.69) is 10.3 Å². The summed E-state index contributed by atoms with van der Waals surface area (Å²) in [5.41, 5.74) is 7.77. The maximum atomic E-state index is 11.9. The zero-order valence-electron chi connectivity index (χ0n) is 13.5. The summed E-state index contributed by atoms with van der Waals surface area (Å²) in [5, 5.41) is 3.06. The van der Waals surface area contributed by atoms with Gasteiger partial charge >= 0.3 is 0 Å². The Morgan fingerprint density at radius 1 is 1.35 bits per heavy atom. The van der Waals surface area contributed by atoms with Crippen molar-refractivity contribution in [3.63, 3.8) is 0 Å². The lowest BCUT2D eigenvalue weighted by Gasteiger charge is -2.14. The monoisotopic (exact) mass is 432 g/mol. The van der Waals surface area contributed by atoms with E-state index in [1.807, 2.05) is 29.2 Å². The van der Waals surface area contributed by atoms with E-state index in [1.165, 1.54) is 0 Å². The van der Waals surface area contributed by atoms with Crippen molar-refractivity contribution < 1.29 is 9.53 Å². The molecule has 1 aromatic rings. The minimum atomic E-state index is 0. The van der Waals surface area contributed by atoms with E-state index in [0.717, 1.165) is 37.2 Å². The largest absolute Gasteiger partial charge is 0.380 e. The second-order valence-corrected chi connectivity index (χ2v) is 5.32. The molecule has 6 nitrogen and oxygen atoms in total. The highest BCUT2D eigenvalue weighted by Crippen LogP contribution is 2.15. The van der Waals surface area contributed by atoms with Crippen LogP contribution in [-0.2, 0) is 16.1 Å². The summed E-state index contributed by atoms with van der Waals surface area (Å²) >= 11 is 0. The molecule has 0 unspecified atom stereocenters. The van der Waals surface area contributed by atoms with Crippen LogP contribution in [0, 0.1) is 0 Å². The predicted molar refractivity (Wildman–Crippen MR) is 103 cm³/mol. The molecular formula is C16H25IN4O2. The lowest BCUT2D eigenvalue weighted by molar-refractivity contribution is -0.129. The van der Waals surface area contributed by atoms with Crippen molar-refractivity contribution >= 4 is 41.5 Å². The fourth-order valence-corrected chi connectivity index (χ4v) is 2.50. The van der Waals surface area contributed by atoms with Gasteiger partial charge < -0.3 is 20.7 Å². The Labute approximate surface area is 154 Å². The first-order chi connectivity index (χ1) is 10.7. The molecule has 23 heavy (non-hydrogen) atoms. The van der Waals surface area contributed by atoms with Crippen LogP contribution in [-0.4, -0.2) is 43.5 Å². The minimum Gasteiger partial charge on any atom is -0.380 e. The Kier molecular flexibility index (Phi) is 8.93. The zero-order chi connectivity index (χ0) is 15.8. The number of carbonyl (C=O) groups is 1. The van der Waals surface area contributed by atoms with E-state index >= 15 is 0 Å². The third-order valence-corrected chi connectivity index (χ3v) is 3.65. The van der Waals surface area contributed by atoms with Gasteiger partial charge in [-0.2, -0.15) is 0 Å². The molecule has 1 aliphatic heterocycles. The average molecular weight is 432 g/mol. The highest BCUT2D eigenvalue weighted by atomic mass is 127. The van der Waals surface area contributed by atoms with E-state index in [4.69, 9.17) is 10.5 Å². The van der Waals surface area contributed by atoms with Gasteiger partial charge in [0.25, 0.3) is 0 Å². The summed E-state index contributed by atoms with van der Waals surface area (Å²) in [7, 11) is 1.65. The Bertz CT molecular complexity index is 531. The van der Waals surface area contributed by atoms with Gasteiger partial charge in [0, 0.05) is 37.9 Å². The van der Waals surface area contributed by atoms with Gasteiger partial charge in [-0.05, 0) is 18.9 Å². The fraction of sp³-hybridized carbons (Fsp3) is 0.500. The van der Waals surface area contributed by atoms with E-state index in [-0.39, 0.29) is 29.9 Å². The van der Waals surface area contributed by atoms with Gasteiger partial charge in [0.1, 0.15) is 0 Å². The third kappa shape index (κ3) is 6.34. The standard InChI is InChI=1S/C16H24N4O2.HI/c1-22-12-13-6-2-3-7-14(13)19-16(17)18-9-8-15(21)20-10-4-5-11-20;/h2-3,6-7H,4-5,8-12H2,1H3,(H3,17,18,19);1H. The van der Waals surface area contributed by atoms with Gasteiger partial charge in [-0.1, -0.05) is 18.2 Å². The lowest BCUT2D eigenvalue weighted by atomic mass is 10.2. The van der Waals surface area contributed by atoms with Gasteiger partial charge in [0.05, 0.1) is 13.2 Å². The van der Waals surface area contributed by atoms with Crippen LogP contribution in [0.25, 0.3) is 0 Å². The number of halogens is 1. The molecule has 1 aliphatic rings. The number of hydrogen-bond acceptors (Lipinski definition) is 3. The molecule has 0 radical (unpaired) electrons. The van der Waals surface area contributed by atoms with E-state index in [1.54, 1.807) is 7.11 Å². The Balaban J connectivity index is 0.00000264. The van der Waals surface area contributed by atoms with Gasteiger partial charge in [-0.25, -0.2) is 0 Å². The first-order valence-corrected chi connectivity index (χ1v) is 7.62. The molecule has 1 heterocycles. The molecule has 0 aliphatic carbocycles. The maximum Gasteiger partial charge on any atom is 0.224 e. The maximum absolute atomic E-state index is 11.9. The molecule has 0 spiro atoms. The molecule has 1 saturated heterocycles. The number of methoxy groups -OCH3 is 1. The van der Waals surface area contributed by atoms with Crippen molar-refractivity contribution in [1.82, 2.24) is 4.90 Å². The molecule has 0 saturated carbocycles. The smallest absolute Gasteiger partial charge is 0.224 e. The molecule has 128 valence electrons. The Morgan fingerprint density at radius 2 is 2.04 bits per heavy atom. The van der Waals surface area contributed by atoms with Crippen LogP contribution in [0.3, 0.4) is 0 Å². The van der Waals surface area contributed by atoms with Gasteiger partial charge in [-0.15, -0.1) is 24.0 Å². The number of nitrogens with one attached hydrogen (secondary N) is 1. The molecule has 1 amide bonds. The van der Waals surface area contributed by atoms with Gasteiger partial charge in [0.15, 0.2) is 5.96 Å². The van der Waals surface area contributed by atoms with Crippen LogP contribution in [0.1, 0.15) is 24.8 Å². The summed E-state index contributed by atoms with van der Waals surface area (Å²) in [4.78, 5) is 18.0. The van der Waals surface area contributed by atoms with Crippen molar-refractivity contribution in [2.45, 2.75) is 25.9 Å². The third-order valence-electron chi connectivity index (χ3n) is 3.65. The summed E-state index contributed by atoms with van der Waals surface area (Å²) in [6, 6.07) is 7.76. The van der Waals surface area contributed by atoms with Crippen LogP contribution in [0.4, 0.5) is 5.69 Å². The number of anilines is 1. The van der Waals surface area contributed by atoms with Crippen LogP contribution in [0.15, 0.2) is 29.3 Å². The van der Waals surface area contributed by atoms with Crippen LogP contribution < -0.4 is 11.1 Å². The number of nitrogens with zero attached hydrogens (tertiary/aromatic N) is 2. The Hall–Kier alpha value is -1.35. The highest BCUT2D eigenvalue weighted by molar-refractivity contribution is 14.0. The van der Waals surface area contributed by atoms with E-state index in [0.29, 0.717) is 25.5 Å². The molecular weight excluding hydrogens is 407 g/mol. The molecule has 0 bridgehead atoms. The average Bonchev–Trinajstić information content (AvgIpc) is 3.04. The van der Waals surface area contributed by atoms with E-state index < -0.39 is 0 Å². The zero-order valence-corrected chi connectivity index (χ0v) is 15.8. The number of ether oxygens (including phenoxy) is 1. The molecule has 1 fully saturated rings. The number of amides is 1. The number of rotatable bonds is 6. The number of guanidine groups is 1. The first kappa shape index (κ1) is 19.7. The van der Waals surface area contributed by atoms with Crippen LogP contribution >= 0.6 is 24.0 Å². The second-order valence-electron chi connectivity index (χ2n) is 5.32. The van der Waals surface area contributed by atoms with Crippen molar-refractivity contribution in [3.8, 4) is 0 Å². The normalized spacial score (nSPS) is 14.5. The van der Waals surface area contributed by atoms with Crippen LogP contribution in [0.5, 0.6) is 0 Å². The topological polar surface area (TPSA) is 80.0 Å².